The highest BCUT2D eigenvalue weighted by Gasteiger charge is 2.48. The molecule has 3 N–H and O–H groups in total. The van der Waals surface area contributed by atoms with Gasteiger partial charge in [0.25, 0.3) is 5.91 Å². The summed E-state index contributed by atoms with van der Waals surface area (Å²) >= 11 is 6.09. The van der Waals surface area contributed by atoms with Crippen molar-refractivity contribution in [1.29, 1.82) is 0 Å². The highest BCUT2D eigenvalue weighted by molar-refractivity contribution is 6.31. The molecule has 1 aliphatic rings. The van der Waals surface area contributed by atoms with Crippen LogP contribution in [0.3, 0.4) is 0 Å². The minimum Gasteiger partial charge on any atom is -0.484 e. The Morgan fingerprint density at radius 2 is 1.74 bits per heavy atom. The number of ketones is 1. The number of nitrogens with two attached hydrogens (primary N) is 1. The Bertz CT molecular complexity index is 1280. The third kappa shape index (κ3) is 6.59. The lowest BCUT2D eigenvalue weighted by Crippen LogP contribution is -2.57. The van der Waals surface area contributed by atoms with Crippen molar-refractivity contribution >= 4 is 35.2 Å². The van der Waals surface area contributed by atoms with Crippen LogP contribution in [-0.4, -0.2) is 59.3 Å². The molecular weight excluding hydrogens is 522 g/mol. The van der Waals surface area contributed by atoms with Crippen LogP contribution in [0.5, 0.6) is 5.75 Å². The SMILES string of the molecule is CC(=O)c1ccc2c(c1)[C@H](NC(=O)c1cccc(Cl)c1)[C@@H](OC(=O)[C@H](C)N(C)C(=O)[C@@H](N)C(C)C)C(C)(C)O2. The molecule has 0 spiro atoms. The van der Waals surface area contributed by atoms with Gasteiger partial charge in [0, 0.05) is 28.8 Å². The number of esters is 1. The second kappa shape index (κ2) is 11.8. The first kappa shape index (κ1) is 30.1. The predicted octanol–water partition coefficient (Wildman–Crippen LogP) is 3.93. The molecule has 2 aromatic rings. The molecule has 210 valence electrons. The average Bonchev–Trinajstić information content (AvgIpc) is 2.87. The maximum Gasteiger partial charge on any atom is 0.329 e. The van der Waals surface area contributed by atoms with Gasteiger partial charge in [-0.3, -0.25) is 14.4 Å². The summed E-state index contributed by atoms with van der Waals surface area (Å²) in [6.45, 7) is 10.1. The van der Waals surface area contributed by atoms with Crippen LogP contribution in [-0.2, 0) is 14.3 Å². The molecule has 10 heteroatoms. The number of carbonyl (C=O) groups is 4. The predicted molar refractivity (Wildman–Crippen MR) is 148 cm³/mol. The van der Waals surface area contributed by atoms with Gasteiger partial charge in [-0.05, 0) is 70.0 Å². The molecule has 0 fully saturated rings. The lowest BCUT2D eigenvalue weighted by molar-refractivity contribution is -0.172. The Morgan fingerprint density at radius 3 is 2.33 bits per heavy atom. The molecule has 0 unspecified atom stereocenters. The first-order valence-electron chi connectivity index (χ1n) is 12.8. The van der Waals surface area contributed by atoms with Gasteiger partial charge in [0.2, 0.25) is 5.91 Å². The number of halogens is 1. The summed E-state index contributed by atoms with van der Waals surface area (Å²) in [6.07, 6.45) is -1.02. The van der Waals surface area contributed by atoms with Gasteiger partial charge in [0.1, 0.15) is 17.4 Å². The normalized spacial score (nSPS) is 19.2. The minimum atomic E-state index is -1.09. The molecule has 0 radical (unpaired) electrons. The van der Waals surface area contributed by atoms with Crippen molar-refractivity contribution < 1.29 is 28.7 Å². The van der Waals surface area contributed by atoms with E-state index in [9.17, 15) is 19.2 Å². The summed E-state index contributed by atoms with van der Waals surface area (Å²) < 4.78 is 12.2. The van der Waals surface area contributed by atoms with Crippen molar-refractivity contribution in [2.24, 2.45) is 11.7 Å². The molecule has 39 heavy (non-hydrogen) atoms. The third-order valence-corrected chi connectivity index (χ3v) is 7.24. The minimum absolute atomic E-state index is 0.119. The maximum atomic E-state index is 13.4. The monoisotopic (exact) mass is 557 g/mol. The second-order valence-corrected chi connectivity index (χ2v) is 11.2. The second-order valence-electron chi connectivity index (χ2n) is 10.7. The van der Waals surface area contributed by atoms with Gasteiger partial charge in [-0.2, -0.15) is 0 Å². The van der Waals surface area contributed by atoms with Crippen molar-refractivity contribution in [1.82, 2.24) is 10.2 Å². The Balaban J connectivity index is 2.00. The van der Waals surface area contributed by atoms with E-state index in [-0.39, 0.29) is 11.7 Å². The number of hydrogen-bond acceptors (Lipinski definition) is 7. The van der Waals surface area contributed by atoms with Crippen LogP contribution in [0, 0.1) is 5.92 Å². The molecule has 9 nitrogen and oxygen atoms in total. The van der Waals surface area contributed by atoms with Crippen LogP contribution in [0.25, 0.3) is 0 Å². The Morgan fingerprint density at radius 1 is 1.08 bits per heavy atom. The first-order chi connectivity index (χ1) is 18.1. The van der Waals surface area contributed by atoms with Gasteiger partial charge in [-0.15, -0.1) is 0 Å². The van der Waals surface area contributed by atoms with Gasteiger partial charge in [0.05, 0.1) is 12.1 Å². The molecule has 2 aromatic carbocycles. The fraction of sp³-hybridized carbons (Fsp3) is 0.448. The van der Waals surface area contributed by atoms with Crippen molar-refractivity contribution in [3.05, 3.63) is 64.2 Å². The topological polar surface area (TPSA) is 128 Å². The number of Topliss-reactive ketones (excluding diaryl/α,β-unsaturated/α-hetero) is 1. The van der Waals surface area contributed by atoms with Gasteiger partial charge in [-0.25, -0.2) is 4.79 Å². The Kier molecular flexibility index (Phi) is 9.08. The van der Waals surface area contributed by atoms with Crippen molar-refractivity contribution in [2.45, 2.75) is 71.4 Å². The number of likely N-dealkylation sites (N-methyl/N-ethyl adjacent to an activating group) is 1. The Labute approximate surface area is 234 Å². The quantitative estimate of drug-likeness (QED) is 0.372. The number of carbonyl (C=O) groups excluding carboxylic acids is 4. The molecule has 0 aliphatic carbocycles. The molecule has 4 atom stereocenters. The summed E-state index contributed by atoms with van der Waals surface area (Å²) in [6, 6.07) is 8.73. The smallest absolute Gasteiger partial charge is 0.329 e. The number of nitrogens with one attached hydrogen (secondary N) is 1. The summed E-state index contributed by atoms with van der Waals surface area (Å²) in [5, 5.41) is 3.34. The van der Waals surface area contributed by atoms with E-state index in [1.807, 2.05) is 13.8 Å². The van der Waals surface area contributed by atoms with E-state index in [4.69, 9.17) is 26.8 Å². The molecule has 0 saturated carbocycles. The zero-order valence-corrected chi connectivity index (χ0v) is 24.0. The number of rotatable bonds is 8. The van der Waals surface area contributed by atoms with Crippen LogP contribution in [0.2, 0.25) is 5.02 Å². The van der Waals surface area contributed by atoms with Crippen LogP contribution in [0.1, 0.15) is 73.9 Å². The lowest BCUT2D eigenvalue weighted by atomic mass is 9.85. The number of ether oxygens (including phenoxy) is 2. The summed E-state index contributed by atoms with van der Waals surface area (Å²) in [5.41, 5.74) is 6.12. The zero-order valence-electron chi connectivity index (χ0n) is 23.3. The number of nitrogens with zero attached hydrogens (tertiary/aromatic N) is 1. The number of amides is 2. The molecule has 0 saturated heterocycles. The highest BCUT2D eigenvalue weighted by atomic mass is 35.5. The first-order valence-corrected chi connectivity index (χ1v) is 13.1. The molecule has 0 aromatic heterocycles. The molecular formula is C29H36ClN3O6. The molecule has 2 amide bonds. The lowest BCUT2D eigenvalue weighted by Gasteiger charge is -2.44. The molecule has 3 rings (SSSR count). The van der Waals surface area contributed by atoms with Crippen LogP contribution in [0.4, 0.5) is 0 Å². The maximum absolute atomic E-state index is 13.4. The van der Waals surface area contributed by atoms with Gasteiger partial charge in [-0.1, -0.05) is 31.5 Å². The zero-order chi connectivity index (χ0) is 29.2. The van der Waals surface area contributed by atoms with E-state index >= 15 is 0 Å². The summed E-state index contributed by atoms with van der Waals surface area (Å²) in [7, 11) is 1.49. The van der Waals surface area contributed by atoms with Gasteiger partial charge in [0.15, 0.2) is 11.9 Å². The molecule has 0 bridgehead atoms. The number of hydrogen-bond donors (Lipinski definition) is 2. The average molecular weight is 558 g/mol. The number of benzene rings is 2. The summed E-state index contributed by atoms with van der Waals surface area (Å²) in [5.74, 6) is -1.40. The van der Waals surface area contributed by atoms with Crippen LogP contribution < -0.4 is 15.8 Å². The van der Waals surface area contributed by atoms with E-state index in [0.717, 1.165) is 0 Å². The standard InChI is InChI=1S/C29H36ClN3O6/c1-15(2)23(31)27(36)33(7)16(3)28(37)38-25-24(32-26(35)19-9-8-10-20(30)13-19)21-14-18(17(4)34)11-12-22(21)39-29(25,5)6/h8-16,23-25H,31H2,1-7H3,(H,32,35)/t16-,23-,24-,25+/m0/s1. The largest absolute Gasteiger partial charge is 0.484 e. The van der Waals surface area contributed by atoms with E-state index in [2.05, 4.69) is 5.32 Å². The number of fused-ring (bicyclic) bond motifs is 1. The van der Waals surface area contributed by atoms with E-state index in [0.29, 0.717) is 27.5 Å². The van der Waals surface area contributed by atoms with Crippen LogP contribution >= 0.6 is 11.6 Å². The fourth-order valence-electron chi connectivity index (χ4n) is 4.32. The summed E-state index contributed by atoms with van der Waals surface area (Å²) in [4.78, 5) is 52.9. The fourth-order valence-corrected chi connectivity index (χ4v) is 4.51. The van der Waals surface area contributed by atoms with E-state index in [1.165, 1.54) is 24.9 Å². The van der Waals surface area contributed by atoms with Crippen molar-refractivity contribution in [3.8, 4) is 5.75 Å². The van der Waals surface area contributed by atoms with E-state index in [1.54, 1.807) is 57.2 Å². The highest BCUT2D eigenvalue weighted by Crippen LogP contribution is 2.42. The van der Waals surface area contributed by atoms with Gasteiger partial charge >= 0.3 is 5.97 Å². The Hall–Kier alpha value is -3.43. The molecule has 1 aliphatic heterocycles. The van der Waals surface area contributed by atoms with Crippen molar-refractivity contribution in [3.63, 3.8) is 0 Å². The third-order valence-electron chi connectivity index (χ3n) is 7.00. The van der Waals surface area contributed by atoms with Crippen LogP contribution in [0.15, 0.2) is 42.5 Å². The van der Waals surface area contributed by atoms with E-state index < -0.39 is 47.6 Å². The molecule has 1 heterocycles. The van der Waals surface area contributed by atoms with Gasteiger partial charge < -0.3 is 25.4 Å². The van der Waals surface area contributed by atoms with Crippen molar-refractivity contribution in [2.75, 3.05) is 7.05 Å².